The van der Waals surface area contributed by atoms with Crippen LogP contribution in [0.15, 0.2) is 67.1 Å². The number of nitrogens with two attached hydrogens (primary N) is 1. The van der Waals surface area contributed by atoms with Gasteiger partial charge in [0.25, 0.3) is 0 Å². The van der Waals surface area contributed by atoms with Crippen molar-refractivity contribution < 1.29 is 24.5 Å². The van der Waals surface area contributed by atoms with Crippen LogP contribution in [0.5, 0.6) is 0 Å². The molecule has 0 aliphatic carbocycles. The van der Waals surface area contributed by atoms with E-state index in [4.69, 9.17) is 20.7 Å². The van der Waals surface area contributed by atoms with E-state index in [0.717, 1.165) is 16.9 Å². The van der Waals surface area contributed by atoms with Gasteiger partial charge in [0.05, 0.1) is 12.0 Å². The van der Waals surface area contributed by atoms with E-state index in [1.54, 1.807) is 18.5 Å². The number of ether oxygens (including phenoxy) is 1. The first kappa shape index (κ1) is 24.6. The molecule has 0 fully saturated rings. The highest BCUT2D eigenvalue weighted by atomic mass is 16.5. The van der Waals surface area contributed by atoms with E-state index in [9.17, 15) is 9.59 Å². The number of aliphatic carboxylic acids is 1. The molecular weight excluding hydrogens is 412 g/mol. The summed E-state index contributed by atoms with van der Waals surface area (Å²) in [7, 11) is 1.52. The topological polar surface area (TPSA) is 131 Å². The van der Waals surface area contributed by atoms with Gasteiger partial charge in [-0.2, -0.15) is 0 Å². The van der Waals surface area contributed by atoms with Crippen molar-refractivity contribution in [3.63, 3.8) is 0 Å². The molecule has 0 radical (unpaired) electrons. The highest BCUT2D eigenvalue weighted by molar-refractivity contribution is 5.85. The van der Waals surface area contributed by atoms with Gasteiger partial charge in [-0.3, -0.25) is 9.69 Å². The van der Waals surface area contributed by atoms with Gasteiger partial charge < -0.3 is 25.3 Å². The highest BCUT2D eigenvalue weighted by Gasteiger charge is 2.09. The van der Waals surface area contributed by atoms with Gasteiger partial charge in [0.1, 0.15) is 6.23 Å². The van der Waals surface area contributed by atoms with Crippen LogP contribution in [0.4, 0.5) is 10.5 Å². The number of hydrogen-bond donors (Lipinski definition) is 3. The Morgan fingerprint density at radius 1 is 1.12 bits per heavy atom. The van der Waals surface area contributed by atoms with Gasteiger partial charge in [-0.05, 0) is 37.6 Å². The largest absolute Gasteiger partial charge is 0.481 e. The molecule has 9 nitrogen and oxygen atoms in total. The Morgan fingerprint density at radius 2 is 1.78 bits per heavy atom. The highest BCUT2D eigenvalue weighted by Crippen LogP contribution is 2.20. The van der Waals surface area contributed by atoms with Gasteiger partial charge >= 0.3 is 12.1 Å². The van der Waals surface area contributed by atoms with E-state index < -0.39 is 18.3 Å². The van der Waals surface area contributed by atoms with E-state index in [0.29, 0.717) is 18.7 Å². The van der Waals surface area contributed by atoms with Crippen molar-refractivity contribution >= 4 is 17.7 Å². The summed E-state index contributed by atoms with van der Waals surface area (Å²) in [5.41, 5.74) is 8.85. The quantitative estimate of drug-likeness (QED) is 0.454. The van der Waals surface area contributed by atoms with Crippen molar-refractivity contribution in [3.8, 4) is 16.9 Å². The molecule has 1 unspecified atom stereocenters. The van der Waals surface area contributed by atoms with E-state index in [1.165, 1.54) is 11.9 Å². The Hall–Kier alpha value is -3.69. The Balaban J connectivity index is 0.000000309. The number of imidazole rings is 1. The predicted molar refractivity (Wildman–Crippen MR) is 122 cm³/mol. The summed E-state index contributed by atoms with van der Waals surface area (Å²) in [6.07, 6.45) is 2.73. The van der Waals surface area contributed by atoms with Gasteiger partial charge in [-0.25, -0.2) is 9.78 Å². The van der Waals surface area contributed by atoms with Crippen molar-refractivity contribution in [1.29, 1.82) is 0 Å². The normalized spacial score (nSPS) is 11.2. The second-order valence-corrected chi connectivity index (χ2v) is 6.82. The average Bonchev–Trinajstić information content (AvgIpc) is 3.29. The maximum absolute atomic E-state index is 10.9. The van der Waals surface area contributed by atoms with Crippen LogP contribution in [0.25, 0.3) is 16.9 Å². The number of carbonyl (C=O) groups is 2. The molecule has 3 rings (SSSR count). The number of carboxylic acid groups (broad SMARTS) is 2. The summed E-state index contributed by atoms with van der Waals surface area (Å²) in [5, 5.41) is 17.2. The number of nitrogens with zero attached hydrogens (tertiary/aromatic N) is 3. The SMILES string of the molecule is CCOC(N)CCC(=O)O.CN(C(=O)O)c1ccc(-n2cnc(-c3ccccc3)c2)cc1. The first-order valence-electron chi connectivity index (χ1n) is 10.1. The molecule has 4 N–H and O–H groups in total. The zero-order chi connectivity index (χ0) is 23.5. The second kappa shape index (κ2) is 12.2. The average molecular weight is 441 g/mol. The fourth-order valence-electron chi connectivity index (χ4n) is 2.74. The lowest BCUT2D eigenvalue weighted by Gasteiger charge is -2.13. The van der Waals surface area contributed by atoms with Crippen LogP contribution in [-0.2, 0) is 9.53 Å². The number of anilines is 1. The monoisotopic (exact) mass is 440 g/mol. The van der Waals surface area contributed by atoms with Crippen molar-refractivity contribution in [2.24, 2.45) is 5.73 Å². The Labute approximate surface area is 186 Å². The smallest absolute Gasteiger partial charge is 0.411 e. The minimum absolute atomic E-state index is 0.0706. The summed E-state index contributed by atoms with van der Waals surface area (Å²) in [4.78, 5) is 26.5. The van der Waals surface area contributed by atoms with Gasteiger partial charge in [0, 0.05) is 43.2 Å². The molecule has 9 heteroatoms. The lowest BCUT2D eigenvalue weighted by Crippen LogP contribution is -2.24. The van der Waals surface area contributed by atoms with Crippen molar-refractivity contribution in [2.45, 2.75) is 26.0 Å². The maximum Gasteiger partial charge on any atom is 0.411 e. The molecule has 0 saturated heterocycles. The summed E-state index contributed by atoms with van der Waals surface area (Å²) in [6, 6.07) is 17.2. The lowest BCUT2D eigenvalue weighted by atomic mass is 10.2. The molecule has 1 heterocycles. The van der Waals surface area contributed by atoms with Gasteiger partial charge in [0.15, 0.2) is 0 Å². The fourth-order valence-corrected chi connectivity index (χ4v) is 2.74. The molecule has 0 aliphatic heterocycles. The van der Waals surface area contributed by atoms with Crippen LogP contribution >= 0.6 is 0 Å². The van der Waals surface area contributed by atoms with Crippen molar-refractivity contribution in [3.05, 3.63) is 67.1 Å². The Bertz CT molecular complexity index is 989. The molecule has 0 aliphatic rings. The Kier molecular flexibility index (Phi) is 9.40. The van der Waals surface area contributed by atoms with E-state index in [-0.39, 0.29) is 6.42 Å². The number of rotatable bonds is 8. The van der Waals surface area contributed by atoms with Gasteiger partial charge in [-0.15, -0.1) is 0 Å². The number of benzene rings is 2. The van der Waals surface area contributed by atoms with Crippen LogP contribution in [0.3, 0.4) is 0 Å². The zero-order valence-corrected chi connectivity index (χ0v) is 18.1. The molecule has 1 aromatic heterocycles. The van der Waals surface area contributed by atoms with E-state index >= 15 is 0 Å². The minimum Gasteiger partial charge on any atom is -0.481 e. The van der Waals surface area contributed by atoms with E-state index in [1.807, 2.05) is 60.2 Å². The molecule has 3 aromatic rings. The molecule has 0 bridgehead atoms. The van der Waals surface area contributed by atoms with Crippen LogP contribution in [0.1, 0.15) is 19.8 Å². The minimum atomic E-state index is -0.984. The molecule has 32 heavy (non-hydrogen) atoms. The fraction of sp³-hybridized carbons (Fsp3) is 0.261. The van der Waals surface area contributed by atoms with Gasteiger partial charge in [-0.1, -0.05) is 30.3 Å². The van der Waals surface area contributed by atoms with Crippen LogP contribution in [0, 0.1) is 0 Å². The third-order valence-corrected chi connectivity index (χ3v) is 4.50. The third-order valence-electron chi connectivity index (χ3n) is 4.50. The summed E-state index contributed by atoms with van der Waals surface area (Å²) >= 11 is 0. The zero-order valence-electron chi connectivity index (χ0n) is 18.1. The first-order valence-corrected chi connectivity index (χ1v) is 10.1. The molecule has 2 aromatic carbocycles. The second-order valence-electron chi connectivity index (χ2n) is 6.82. The van der Waals surface area contributed by atoms with Crippen molar-refractivity contribution in [1.82, 2.24) is 9.55 Å². The number of amides is 1. The molecule has 1 atom stereocenters. The van der Waals surface area contributed by atoms with Crippen molar-refractivity contribution in [2.75, 3.05) is 18.6 Å². The van der Waals surface area contributed by atoms with Gasteiger partial charge in [0.2, 0.25) is 0 Å². The number of carboxylic acids is 1. The molecule has 0 spiro atoms. The first-order chi connectivity index (χ1) is 15.3. The summed E-state index contributed by atoms with van der Waals surface area (Å²) in [6.45, 7) is 2.35. The molecule has 170 valence electrons. The van der Waals surface area contributed by atoms with Crippen LogP contribution in [-0.4, -0.2) is 51.7 Å². The van der Waals surface area contributed by atoms with Crippen LogP contribution in [0.2, 0.25) is 0 Å². The molecular formula is C23H28N4O5. The lowest BCUT2D eigenvalue weighted by molar-refractivity contribution is -0.137. The summed E-state index contributed by atoms with van der Waals surface area (Å²) in [5.74, 6) is -0.838. The predicted octanol–water partition coefficient (Wildman–Crippen LogP) is 3.83. The Morgan fingerprint density at radius 3 is 2.34 bits per heavy atom. The number of hydrogen-bond acceptors (Lipinski definition) is 5. The third kappa shape index (κ3) is 7.53. The summed E-state index contributed by atoms with van der Waals surface area (Å²) < 4.78 is 6.82. The molecule has 0 saturated carbocycles. The number of aromatic nitrogens is 2. The van der Waals surface area contributed by atoms with E-state index in [2.05, 4.69) is 4.98 Å². The maximum atomic E-state index is 10.9. The standard InChI is InChI=1S/C17H15N3O2.C6H13NO3/c1-19(17(21)22)14-7-9-15(10-8-14)20-11-16(18-12-20)13-5-3-2-4-6-13;1-2-10-5(7)3-4-6(8)9/h2-12H,1H3,(H,21,22);5H,2-4,7H2,1H3,(H,8,9). The van der Waals surface area contributed by atoms with Crippen LogP contribution < -0.4 is 10.6 Å². The molecule has 1 amide bonds.